The van der Waals surface area contributed by atoms with Crippen LogP contribution in [0.2, 0.25) is 0 Å². The largest absolute Gasteiger partial charge is 0.552 e. The molecule has 4 rings (SSSR count). The summed E-state index contributed by atoms with van der Waals surface area (Å²) >= 11 is 0. The van der Waals surface area contributed by atoms with E-state index in [4.69, 9.17) is 15.1 Å². The minimum atomic E-state index is -1.14. The molecule has 0 bridgehead atoms. The number of nitrogens with one attached hydrogen (secondary N) is 1. The molecule has 11 heteroatoms. The van der Waals surface area contributed by atoms with Gasteiger partial charge in [-0.15, -0.1) is 0 Å². The van der Waals surface area contributed by atoms with E-state index in [-0.39, 0.29) is 46.9 Å². The second kappa shape index (κ2) is 7.58. The summed E-state index contributed by atoms with van der Waals surface area (Å²) in [4.78, 5) is 11.9. The van der Waals surface area contributed by atoms with Gasteiger partial charge in [0.25, 0.3) is 5.91 Å². The van der Waals surface area contributed by atoms with Crippen molar-refractivity contribution < 1.29 is 23.6 Å². The monoisotopic (exact) mass is 397 g/mol. The highest BCUT2D eigenvalue weighted by atomic mass is 19.1. The van der Waals surface area contributed by atoms with Crippen LogP contribution in [-0.4, -0.2) is 41.0 Å². The zero-order valence-corrected chi connectivity index (χ0v) is 15.2. The van der Waals surface area contributed by atoms with E-state index < -0.39 is 18.8 Å². The number of nitrogens with zero attached hydrogens (tertiary/aromatic N) is 3. The molecule has 2 atom stereocenters. The number of halogens is 1. The fourth-order valence-corrected chi connectivity index (χ4v) is 3.37. The molecule has 3 heterocycles. The molecule has 148 valence electrons. The van der Waals surface area contributed by atoms with Crippen LogP contribution in [0.15, 0.2) is 24.3 Å². The van der Waals surface area contributed by atoms with Crippen molar-refractivity contribution in [2.75, 3.05) is 18.5 Å². The second-order valence-corrected chi connectivity index (χ2v) is 6.73. The molecule has 2 aliphatic heterocycles. The van der Waals surface area contributed by atoms with Gasteiger partial charge in [-0.05, 0) is 24.5 Å². The number of fused-ring (bicyclic) bond motifs is 1. The second-order valence-electron chi connectivity index (χ2n) is 6.73. The number of benzene rings is 1. The molecular formula is C18H17BFN5O4. The van der Waals surface area contributed by atoms with Gasteiger partial charge in [0.15, 0.2) is 11.6 Å². The van der Waals surface area contributed by atoms with Gasteiger partial charge in [-0.3, -0.25) is 9.48 Å². The Morgan fingerprint density at radius 3 is 3.10 bits per heavy atom. The first kappa shape index (κ1) is 19.0. The smallest absolute Gasteiger partial charge is 0.532 e. The van der Waals surface area contributed by atoms with Crippen LogP contribution in [-0.2, 0) is 4.74 Å². The molecule has 2 unspecified atom stereocenters. The predicted octanol–water partition coefficient (Wildman–Crippen LogP) is 1.39. The minimum absolute atomic E-state index is 0.0536. The van der Waals surface area contributed by atoms with Gasteiger partial charge in [-0.25, -0.2) is 4.39 Å². The Kier molecular flexibility index (Phi) is 4.96. The van der Waals surface area contributed by atoms with Crippen molar-refractivity contribution in [3.05, 3.63) is 41.2 Å². The summed E-state index contributed by atoms with van der Waals surface area (Å²) in [5, 5.41) is 26.0. The van der Waals surface area contributed by atoms with E-state index in [0.29, 0.717) is 13.0 Å². The maximum atomic E-state index is 14.9. The number of carbonyl (C=O) groups is 1. The standard InChI is InChI=1S/C18H17BFN5O4/c20-16-11-3-5-19(27)29-15(11)2-1-13(16)23-18-12(17(22)26)8-25(24-18)14-9-28-6-4-10(14)7-21/h1-3,5,8,10,14,27H,4,6,9H2,(H2,22,26)(H,23,24). The van der Waals surface area contributed by atoms with Crippen molar-refractivity contribution in [2.24, 2.45) is 11.7 Å². The molecule has 1 saturated heterocycles. The number of hydrogen-bond acceptors (Lipinski definition) is 7. The highest BCUT2D eigenvalue weighted by Gasteiger charge is 2.30. The maximum absolute atomic E-state index is 14.9. The number of carbonyl (C=O) groups excluding carboxylic acids is 1. The van der Waals surface area contributed by atoms with Crippen LogP contribution < -0.4 is 15.7 Å². The Labute approximate surface area is 165 Å². The Morgan fingerprint density at radius 2 is 2.34 bits per heavy atom. The molecule has 9 nitrogen and oxygen atoms in total. The third-order valence-electron chi connectivity index (χ3n) is 4.90. The molecule has 2 aromatic rings. The number of amides is 1. The molecular weight excluding hydrogens is 380 g/mol. The number of anilines is 2. The number of hydrogen-bond donors (Lipinski definition) is 3. The zero-order chi connectivity index (χ0) is 20.5. The molecule has 1 amide bonds. The lowest BCUT2D eigenvalue weighted by molar-refractivity contribution is 0.0342. The molecule has 0 saturated carbocycles. The van der Waals surface area contributed by atoms with Gasteiger partial charge >= 0.3 is 7.12 Å². The normalized spacial score (nSPS) is 20.5. The number of primary amides is 1. The minimum Gasteiger partial charge on any atom is -0.532 e. The molecule has 2 aliphatic rings. The van der Waals surface area contributed by atoms with Crippen molar-refractivity contribution in [1.82, 2.24) is 9.78 Å². The summed E-state index contributed by atoms with van der Waals surface area (Å²) in [6.45, 7) is 0.754. The molecule has 1 fully saturated rings. The van der Waals surface area contributed by atoms with Gasteiger partial charge in [-0.2, -0.15) is 10.4 Å². The van der Waals surface area contributed by atoms with E-state index in [2.05, 4.69) is 16.5 Å². The Morgan fingerprint density at radius 1 is 1.52 bits per heavy atom. The van der Waals surface area contributed by atoms with Gasteiger partial charge in [0.1, 0.15) is 11.3 Å². The number of ether oxygens (including phenoxy) is 1. The summed E-state index contributed by atoms with van der Waals surface area (Å²) in [6.07, 6.45) is 3.39. The summed E-state index contributed by atoms with van der Waals surface area (Å²) in [5.41, 5.74) is 5.73. The van der Waals surface area contributed by atoms with Crippen LogP contribution in [0, 0.1) is 23.1 Å². The summed E-state index contributed by atoms with van der Waals surface area (Å²) < 4.78 is 26.9. The van der Waals surface area contributed by atoms with Gasteiger partial charge in [0.2, 0.25) is 0 Å². The summed E-state index contributed by atoms with van der Waals surface area (Å²) in [5.74, 6) is -0.130. The molecule has 0 spiro atoms. The number of nitrogens with two attached hydrogens (primary N) is 1. The summed E-state index contributed by atoms with van der Waals surface area (Å²) in [6, 6.07) is 4.75. The van der Waals surface area contributed by atoms with E-state index in [9.17, 15) is 19.5 Å². The third kappa shape index (κ3) is 3.55. The zero-order valence-electron chi connectivity index (χ0n) is 15.2. The molecule has 29 heavy (non-hydrogen) atoms. The van der Waals surface area contributed by atoms with Gasteiger partial charge in [0, 0.05) is 12.8 Å². The van der Waals surface area contributed by atoms with E-state index in [1.807, 2.05) is 0 Å². The lowest BCUT2D eigenvalue weighted by Crippen LogP contribution is -2.29. The van der Waals surface area contributed by atoms with E-state index in [0.717, 1.165) is 0 Å². The number of rotatable bonds is 4. The van der Waals surface area contributed by atoms with Crippen LogP contribution in [0.5, 0.6) is 5.75 Å². The SMILES string of the molecule is N#CC1CCOCC1n1cc(C(N)=O)c(Nc2ccc3c(c2F)C=CB(O)O3)n1. The first-order valence-electron chi connectivity index (χ1n) is 8.96. The van der Waals surface area contributed by atoms with Crippen LogP contribution >= 0.6 is 0 Å². The maximum Gasteiger partial charge on any atom is 0.552 e. The fraction of sp³-hybridized carbons (Fsp3) is 0.278. The molecule has 1 aromatic heterocycles. The van der Waals surface area contributed by atoms with E-state index in [1.165, 1.54) is 35.1 Å². The van der Waals surface area contributed by atoms with Crippen LogP contribution in [0.3, 0.4) is 0 Å². The first-order valence-corrected chi connectivity index (χ1v) is 8.96. The Hall–Kier alpha value is -3.36. The van der Waals surface area contributed by atoms with Crippen molar-refractivity contribution in [3.8, 4) is 11.8 Å². The quantitative estimate of drug-likeness (QED) is 0.664. The highest BCUT2D eigenvalue weighted by Crippen LogP contribution is 2.34. The van der Waals surface area contributed by atoms with Gasteiger partial charge < -0.3 is 25.5 Å². The molecule has 0 radical (unpaired) electrons. The van der Waals surface area contributed by atoms with Gasteiger partial charge in [0.05, 0.1) is 35.9 Å². The first-order chi connectivity index (χ1) is 14.0. The van der Waals surface area contributed by atoms with Crippen molar-refractivity contribution in [1.29, 1.82) is 5.26 Å². The topological polar surface area (TPSA) is 135 Å². The highest BCUT2D eigenvalue weighted by molar-refractivity contribution is 6.51. The number of nitriles is 1. The van der Waals surface area contributed by atoms with Gasteiger partial charge in [-0.1, -0.05) is 6.08 Å². The van der Waals surface area contributed by atoms with Crippen molar-refractivity contribution in [3.63, 3.8) is 0 Å². The van der Waals surface area contributed by atoms with Crippen molar-refractivity contribution in [2.45, 2.75) is 12.5 Å². The molecule has 1 aromatic carbocycles. The lowest BCUT2D eigenvalue weighted by Gasteiger charge is -2.26. The average Bonchev–Trinajstić information content (AvgIpc) is 3.14. The Bertz CT molecular complexity index is 1030. The van der Waals surface area contributed by atoms with Crippen LogP contribution in [0.1, 0.15) is 28.4 Å². The fourth-order valence-electron chi connectivity index (χ4n) is 3.37. The Balaban J connectivity index is 1.68. The molecule has 0 aliphatic carbocycles. The van der Waals surface area contributed by atoms with E-state index >= 15 is 0 Å². The third-order valence-corrected chi connectivity index (χ3v) is 4.90. The van der Waals surface area contributed by atoms with E-state index in [1.54, 1.807) is 0 Å². The predicted molar refractivity (Wildman–Crippen MR) is 102 cm³/mol. The average molecular weight is 397 g/mol. The lowest BCUT2D eigenvalue weighted by atomic mass is 9.86. The van der Waals surface area contributed by atoms with Crippen LogP contribution in [0.25, 0.3) is 6.08 Å². The van der Waals surface area contributed by atoms with Crippen molar-refractivity contribution >= 4 is 30.6 Å². The number of aromatic nitrogens is 2. The summed E-state index contributed by atoms with van der Waals surface area (Å²) in [7, 11) is -1.14. The van der Waals surface area contributed by atoms with Crippen LogP contribution in [0.4, 0.5) is 15.9 Å². The molecule has 4 N–H and O–H groups in total.